The lowest BCUT2D eigenvalue weighted by Crippen LogP contribution is -2.30. The molecule has 0 atom stereocenters. The number of carboxylic acids is 1. The summed E-state index contributed by atoms with van der Waals surface area (Å²) in [7, 11) is -2.43. The maximum Gasteiger partial charge on any atom is 0.335 e. The van der Waals surface area contributed by atoms with Crippen LogP contribution in [0.3, 0.4) is 0 Å². The van der Waals surface area contributed by atoms with Crippen molar-refractivity contribution >= 4 is 16.0 Å². The lowest BCUT2D eigenvalue weighted by Gasteiger charge is -2.23. The summed E-state index contributed by atoms with van der Waals surface area (Å²) in [6.07, 6.45) is 0. The van der Waals surface area contributed by atoms with E-state index in [9.17, 15) is 18.5 Å². The molecule has 3 aromatic carbocycles. The Morgan fingerprint density at radius 1 is 1.00 bits per heavy atom. The summed E-state index contributed by atoms with van der Waals surface area (Å²) in [6, 6.07) is 21.0. The van der Waals surface area contributed by atoms with E-state index in [0.29, 0.717) is 16.9 Å². The van der Waals surface area contributed by atoms with Gasteiger partial charge in [-0.25, -0.2) is 13.2 Å². The van der Waals surface area contributed by atoms with Gasteiger partial charge in [0.05, 0.1) is 29.2 Å². The van der Waals surface area contributed by atoms with Crippen molar-refractivity contribution in [2.75, 3.05) is 7.11 Å². The third kappa shape index (κ3) is 5.09. The molecule has 7 nitrogen and oxygen atoms in total. The lowest BCUT2D eigenvalue weighted by molar-refractivity contribution is 0.0696. The Kier molecular flexibility index (Phi) is 6.70. The van der Waals surface area contributed by atoms with Gasteiger partial charge in [0.15, 0.2) is 0 Å². The second-order valence-corrected chi connectivity index (χ2v) is 8.66. The second-order valence-electron chi connectivity index (χ2n) is 6.72. The molecule has 0 fully saturated rings. The molecule has 0 aliphatic carbocycles. The van der Waals surface area contributed by atoms with Crippen molar-refractivity contribution in [3.63, 3.8) is 0 Å². The van der Waals surface area contributed by atoms with Gasteiger partial charge in [-0.05, 0) is 53.6 Å². The summed E-state index contributed by atoms with van der Waals surface area (Å²) in [4.78, 5) is 11.1. The van der Waals surface area contributed by atoms with Gasteiger partial charge < -0.3 is 9.84 Å². The normalized spacial score (nSPS) is 11.1. The predicted octanol–water partition coefficient (Wildman–Crippen LogP) is 3.66. The van der Waals surface area contributed by atoms with E-state index in [4.69, 9.17) is 9.84 Å². The molecule has 0 unspecified atom stereocenters. The fourth-order valence-corrected chi connectivity index (χ4v) is 4.44. The Hall–Kier alpha value is -3.67. The monoisotopic (exact) mass is 436 g/mol. The number of benzene rings is 3. The van der Waals surface area contributed by atoms with Crippen LogP contribution < -0.4 is 4.74 Å². The van der Waals surface area contributed by atoms with Crippen LogP contribution in [0, 0.1) is 11.3 Å². The minimum atomic E-state index is -3.98. The molecule has 31 heavy (non-hydrogen) atoms. The first kappa shape index (κ1) is 22.0. The van der Waals surface area contributed by atoms with Crippen molar-refractivity contribution < 1.29 is 23.1 Å². The largest absolute Gasteiger partial charge is 0.497 e. The van der Waals surface area contributed by atoms with E-state index < -0.39 is 16.0 Å². The first-order chi connectivity index (χ1) is 14.8. The van der Waals surface area contributed by atoms with Gasteiger partial charge in [0.25, 0.3) is 0 Å². The highest BCUT2D eigenvalue weighted by molar-refractivity contribution is 7.89. The first-order valence-electron chi connectivity index (χ1n) is 9.29. The van der Waals surface area contributed by atoms with Crippen molar-refractivity contribution in [1.82, 2.24) is 4.31 Å². The average molecular weight is 436 g/mol. The van der Waals surface area contributed by atoms with Crippen LogP contribution in [-0.4, -0.2) is 30.9 Å². The molecule has 0 radical (unpaired) electrons. The smallest absolute Gasteiger partial charge is 0.335 e. The molecular weight excluding hydrogens is 416 g/mol. The summed E-state index contributed by atoms with van der Waals surface area (Å²) in [5.74, 6) is -0.487. The molecule has 0 aliphatic rings. The molecular formula is C23H20N2O5S. The number of ether oxygens (including phenoxy) is 1. The highest BCUT2D eigenvalue weighted by atomic mass is 32.2. The van der Waals surface area contributed by atoms with Crippen molar-refractivity contribution in [3.8, 4) is 11.8 Å². The topological polar surface area (TPSA) is 108 Å². The first-order valence-corrected chi connectivity index (χ1v) is 10.7. The van der Waals surface area contributed by atoms with E-state index in [2.05, 4.69) is 6.07 Å². The zero-order chi connectivity index (χ0) is 22.4. The number of nitriles is 1. The molecule has 3 aromatic rings. The van der Waals surface area contributed by atoms with E-state index in [1.165, 1.54) is 28.6 Å². The molecule has 0 aromatic heterocycles. The van der Waals surface area contributed by atoms with E-state index in [1.54, 1.807) is 55.6 Å². The zero-order valence-electron chi connectivity index (χ0n) is 16.7. The Morgan fingerprint density at radius 3 is 2.23 bits per heavy atom. The van der Waals surface area contributed by atoms with Crippen molar-refractivity contribution in [3.05, 3.63) is 95.1 Å². The maximum atomic E-state index is 13.4. The summed E-state index contributed by atoms with van der Waals surface area (Å²) in [6.45, 7) is 0.0472. The number of carbonyl (C=O) groups is 1. The van der Waals surface area contributed by atoms with Gasteiger partial charge in [0.1, 0.15) is 5.75 Å². The summed E-state index contributed by atoms with van der Waals surface area (Å²) in [5, 5.41) is 18.5. The van der Waals surface area contributed by atoms with Crippen LogP contribution in [0.25, 0.3) is 0 Å². The van der Waals surface area contributed by atoms with Crippen LogP contribution in [-0.2, 0) is 23.1 Å². The fraction of sp³-hybridized carbons (Fsp3) is 0.130. The van der Waals surface area contributed by atoms with Crippen LogP contribution in [0.2, 0.25) is 0 Å². The fourth-order valence-electron chi connectivity index (χ4n) is 3.04. The maximum absolute atomic E-state index is 13.4. The minimum absolute atomic E-state index is 0.00418. The Labute approximate surface area is 180 Å². The van der Waals surface area contributed by atoms with Gasteiger partial charge in [-0.2, -0.15) is 9.57 Å². The lowest BCUT2D eigenvalue weighted by atomic mass is 10.1. The van der Waals surface area contributed by atoms with Crippen molar-refractivity contribution in [2.45, 2.75) is 18.0 Å². The zero-order valence-corrected chi connectivity index (χ0v) is 17.5. The molecule has 3 rings (SSSR count). The van der Waals surface area contributed by atoms with Crippen LogP contribution >= 0.6 is 0 Å². The van der Waals surface area contributed by atoms with Crippen molar-refractivity contribution in [2.24, 2.45) is 0 Å². The number of sulfonamides is 1. The second kappa shape index (κ2) is 9.43. The third-order valence-electron chi connectivity index (χ3n) is 4.74. The van der Waals surface area contributed by atoms with Crippen LogP contribution in [0.4, 0.5) is 0 Å². The number of carboxylic acid groups (broad SMARTS) is 1. The highest BCUT2D eigenvalue weighted by Crippen LogP contribution is 2.24. The summed E-state index contributed by atoms with van der Waals surface area (Å²) >= 11 is 0. The van der Waals surface area contributed by atoms with E-state index in [0.717, 1.165) is 5.56 Å². The molecule has 8 heteroatoms. The van der Waals surface area contributed by atoms with Crippen LogP contribution in [0.15, 0.2) is 77.7 Å². The van der Waals surface area contributed by atoms with Gasteiger partial charge in [-0.15, -0.1) is 0 Å². The van der Waals surface area contributed by atoms with Gasteiger partial charge in [0.2, 0.25) is 10.0 Å². The Bertz CT molecular complexity index is 1210. The predicted molar refractivity (Wildman–Crippen MR) is 114 cm³/mol. The summed E-state index contributed by atoms with van der Waals surface area (Å²) in [5.41, 5.74) is 1.69. The van der Waals surface area contributed by atoms with Crippen LogP contribution in [0.1, 0.15) is 27.0 Å². The van der Waals surface area contributed by atoms with Gasteiger partial charge in [-0.1, -0.05) is 30.3 Å². The number of aromatic carboxylic acids is 1. The highest BCUT2D eigenvalue weighted by Gasteiger charge is 2.26. The molecule has 1 N–H and O–H groups in total. The van der Waals surface area contributed by atoms with E-state index >= 15 is 0 Å². The number of methoxy groups -OCH3 is 1. The minimum Gasteiger partial charge on any atom is -0.497 e. The summed E-state index contributed by atoms with van der Waals surface area (Å²) < 4.78 is 33.2. The molecule has 0 aliphatic heterocycles. The van der Waals surface area contributed by atoms with Crippen LogP contribution in [0.5, 0.6) is 5.75 Å². The molecule has 0 spiro atoms. The number of hydrogen-bond acceptors (Lipinski definition) is 5. The molecule has 0 amide bonds. The third-order valence-corrected chi connectivity index (χ3v) is 6.55. The van der Waals surface area contributed by atoms with Gasteiger partial charge >= 0.3 is 5.97 Å². The number of rotatable bonds is 8. The Balaban J connectivity index is 2.00. The SMILES string of the molecule is COc1ccc(CN(Cc2ccccc2C#N)S(=O)(=O)c2ccc(C(=O)O)cc2)cc1. The van der Waals surface area contributed by atoms with E-state index in [1.807, 2.05) is 0 Å². The standard InChI is InChI=1S/C23H20N2O5S/c1-30-21-10-6-17(7-11-21)15-25(16-20-5-3-2-4-19(20)14-24)31(28,29)22-12-8-18(9-13-22)23(26)27/h2-13H,15-16H2,1H3,(H,26,27). The molecule has 158 valence electrons. The number of hydrogen-bond donors (Lipinski definition) is 1. The molecule has 0 saturated heterocycles. The van der Waals surface area contributed by atoms with Gasteiger partial charge in [0, 0.05) is 13.1 Å². The average Bonchev–Trinajstić information content (AvgIpc) is 2.79. The molecule has 0 bridgehead atoms. The van der Waals surface area contributed by atoms with Crippen molar-refractivity contribution in [1.29, 1.82) is 5.26 Å². The van der Waals surface area contributed by atoms with E-state index in [-0.39, 0.29) is 23.5 Å². The Morgan fingerprint density at radius 2 is 1.65 bits per heavy atom. The van der Waals surface area contributed by atoms with Gasteiger partial charge in [-0.3, -0.25) is 0 Å². The number of nitrogens with zero attached hydrogens (tertiary/aromatic N) is 2. The molecule has 0 heterocycles. The molecule has 0 saturated carbocycles. The quantitative estimate of drug-likeness (QED) is 0.577.